The highest BCUT2D eigenvalue weighted by Gasteiger charge is 2.28. The summed E-state index contributed by atoms with van der Waals surface area (Å²) in [4.78, 5) is 24.1. The number of carboxylic acid groups (broad SMARTS) is 1. The zero-order valence-corrected chi connectivity index (χ0v) is 14.0. The summed E-state index contributed by atoms with van der Waals surface area (Å²) < 4.78 is 30.7. The highest BCUT2D eigenvalue weighted by Crippen LogP contribution is 2.29. The third kappa shape index (κ3) is 3.24. The van der Waals surface area contributed by atoms with Crippen LogP contribution < -0.4 is 5.32 Å². The SMILES string of the molecule is O=C(O)C1=CC(OC(F)F)=CNC1c1cc(-c2ccncc2)n2ncnc2n1. The molecule has 1 aliphatic heterocycles. The molecule has 0 aliphatic carbocycles. The van der Waals surface area contributed by atoms with Crippen molar-refractivity contribution < 1.29 is 23.4 Å². The van der Waals surface area contributed by atoms with Crippen molar-refractivity contribution in [1.82, 2.24) is 29.9 Å². The van der Waals surface area contributed by atoms with E-state index in [2.05, 4.69) is 30.1 Å². The number of ether oxygens (including phenoxy) is 1. The molecule has 28 heavy (non-hydrogen) atoms. The Kier molecular flexibility index (Phi) is 4.39. The largest absolute Gasteiger partial charge is 0.478 e. The first-order valence-corrected chi connectivity index (χ1v) is 8.00. The number of carboxylic acids is 1. The zero-order chi connectivity index (χ0) is 19.7. The molecule has 0 aromatic carbocycles. The molecule has 142 valence electrons. The summed E-state index contributed by atoms with van der Waals surface area (Å²) in [5.74, 6) is -1.33. The zero-order valence-electron chi connectivity index (χ0n) is 14.0. The van der Waals surface area contributed by atoms with E-state index in [1.54, 1.807) is 30.6 Å². The topological polar surface area (TPSA) is 115 Å². The van der Waals surface area contributed by atoms with Crippen molar-refractivity contribution in [2.75, 3.05) is 0 Å². The number of alkyl halides is 2. The number of hydrogen-bond donors (Lipinski definition) is 2. The molecule has 4 rings (SSSR count). The van der Waals surface area contributed by atoms with E-state index < -0.39 is 18.6 Å². The number of allylic oxidation sites excluding steroid dienone is 1. The van der Waals surface area contributed by atoms with Gasteiger partial charge < -0.3 is 15.2 Å². The van der Waals surface area contributed by atoms with Gasteiger partial charge in [-0.25, -0.2) is 9.78 Å². The van der Waals surface area contributed by atoms with Crippen LogP contribution in [0.3, 0.4) is 0 Å². The van der Waals surface area contributed by atoms with Gasteiger partial charge in [-0.05, 0) is 24.3 Å². The number of dihydropyridines is 1. The minimum atomic E-state index is -3.07. The van der Waals surface area contributed by atoms with Gasteiger partial charge in [0.05, 0.1) is 17.0 Å². The van der Waals surface area contributed by atoms with E-state index in [1.807, 2.05) is 0 Å². The highest BCUT2D eigenvalue weighted by molar-refractivity contribution is 5.89. The van der Waals surface area contributed by atoms with Crippen LogP contribution in [0.15, 0.2) is 60.5 Å². The summed E-state index contributed by atoms with van der Waals surface area (Å²) >= 11 is 0. The first-order valence-electron chi connectivity index (χ1n) is 8.00. The number of fused-ring (bicyclic) bond motifs is 1. The lowest BCUT2D eigenvalue weighted by Crippen LogP contribution is -2.27. The Bertz CT molecular complexity index is 1100. The number of nitrogens with zero attached hydrogens (tertiary/aromatic N) is 5. The molecule has 0 bridgehead atoms. The minimum absolute atomic E-state index is 0.199. The van der Waals surface area contributed by atoms with Crippen molar-refractivity contribution in [2.24, 2.45) is 0 Å². The fourth-order valence-electron chi connectivity index (χ4n) is 2.84. The molecule has 2 N–H and O–H groups in total. The normalized spacial score (nSPS) is 16.5. The molecule has 3 aromatic heterocycles. The van der Waals surface area contributed by atoms with Gasteiger partial charge in [0.1, 0.15) is 18.1 Å². The highest BCUT2D eigenvalue weighted by atomic mass is 19.3. The van der Waals surface area contributed by atoms with E-state index in [9.17, 15) is 18.7 Å². The van der Waals surface area contributed by atoms with Gasteiger partial charge in [0.25, 0.3) is 5.78 Å². The van der Waals surface area contributed by atoms with Gasteiger partial charge in [0.15, 0.2) is 0 Å². The van der Waals surface area contributed by atoms with E-state index in [4.69, 9.17) is 0 Å². The van der Waals surface area contributed by atoms with Crippen molar-refractivity contribution in [2.45, 2.75) is 12.7 Å². The van der Waals surface area contributed by atoms with E-state index >= 15 is 0 Å². The summed E-state index contributed by atoms with van der Waals surface area (Å²) in [7, 11) is 0. The standard InChI is InChI=1S/C17H12F2N6O3/c18-16(19)28-10-5-11(15(26)27)14(21-7-10)12-6-13(9-1-3-20-4-2-9)25-17(24-12)22-8-23-25/h1-8,14,16,21H,(H,26,27). The molecular formula is C17H12F2N6O3. The summed E-state index contributed by atoms with van der Waals surface area (Å²) in [6.07, 6.45) is 6.75. The van der Waals surface area contributed by atoms with Crippen molar-refractivity contribution >= 4 is 11.7 Å². The van der Waals surface area contributed by atoms with Gasteiger partial charge in [0.2, 0.25) is 0 Å². The predicted octanol–water partition coefficient (Wildman–Crippen LogP) is 1.92. The van der Waals surface area contributed by atoms with Crippen LogP contribution in [0.5, 0.6) is 0 Å². The molecule has 9 nitrogen and oxygen atoms in total. The summed E-state index contributed by atoms with van der Waals surface area (Å²) in [6.45, 7) is -3.07. The molecule has 11 heteroatoms. The van der Waals surface area contributed by atoms with Crippen molar-refractivity contribution in [1.29, 1.82) is 0 Å². The van der Waals surface area contributed by atoms with Crippen LogP contribution in [-0.2, 0) is 9.53 Å². The second-order valence-corrected chi connectivity index (χ2v) is 5.70. The Morgan fingerprint density at radius 1 is 1.32 bits per heavy atom. The van der Waals surface area contributed by atoms with Crippen LogP contribution in [0.25, 0.3) is 17.0 Å². The summed E-state index contributed by atoms with van der Waals surface area (Å²) in [5, 5.41) is 16.4. The van der Waals surface area contributed by atoms with Crippen LogP contribution in [0.4, 0.5) is 8.78 Å². The molecule has 0 fully saturated rings. The smallest absolute Gasteiger partial charge is 0.387 e. The number of halogens is 2. The van der Waals surface area contributed by atoms with Crippen LogP contribution in [0.2, 0.25) is 0 Å². The lowest BCUT2D eigenvalue weighted by molar-refractivity contribution is -0.133. The van der Waals surface area contributed by atoms with Gasteiger partial charge in [-0.3, -0.25) is 4.98 Å². The number of rotatable bonds is 5. The van der Waals surface area contributed by atoms with E-state index in [-0.39, 0.29) is 17.1 Å². The number of pyridine rings is 1. The van der Waals surface area contributed by atoms with Crippen LogP contribution in [0.1, 0.15) is 11.7 Å². The van der Waals surface area contributed by atoms with Gasteiger partial charge in [-0.1, -0.05) is 0 Å². The molecule has 1 atom stereocenters. The molecule has 1 aliphatic rings. The molecule has 1 unspecified atom stereocenters. The lowest BCUT2D eigenvalue weighted by atomic mass is 9.99. The van der Waals surface area contributed by atoms with Gasteiger partial charge in [-0.2, -0.15) is 23.4 Å². The fraction of sp³-hybridized carbons (Fsp3) is 0.118. The average molecular weight is 386 g/mol. The van der Waals surface area contributed by atoms with Crippen molar-refractivity contribution in [3.8, 4) is 11.3 Å². The fourth-order valence-corrected chi connectivity index (χ4v) is 2.84. The van der Waals surface area contributed by atoms with E-state index in [0.29, 0.717) is 11.4 Å². The molecule has 0 saturated carbocycles. The predicted molar refractivity (Wildman–Crippen MR) is 90.8 cm³/mol. The molecule has 0 amide bonds. The Hall–Kier alpha value is -3.89. The van der Waals surface area contributed by atoms with Crippen LogP contribution >= 0.6 is 0 Å². The second kappa shape index (κ2) is 7.02. The first kappa shape index (κ1) is 17.5. The molecular weight excluding hydrogens is 374 g/mol. The number of carbonyl (C=O) groups is 1. The van der Waals surface area contributed by atoms with Crippen LogP contribution in [-0.4, -0.2) is 42.3 Å². The van der Waals surface area contributed by atoms with Crippen molar-refractivity contribution in [3.63, 3.8) is 0 Å². The molecule has 3 aromatic rings. The molecule has 4 heterocycles. The number of aromatic nitrogens is 5. The maximum Gasteiger partial charge on any atom is 0.387 e. The first-order chi connectivity index (χ1) is 13.5. The minimum Gasteiger partial charge on any atom is -0.478 e. The van der Waals surface area contributed by atoms with Gasteiger partial charge in [-0.15, -0.1) is 0 Å². The third-order valence-corrected chi connectivity index (χ3v) is 4.02. The number of nitrogens with one attached hydrogen (secondary N) is 1. The monoisotopic (exact) mass is 386 g/mol. The maximum absolute atomic E-state index is 12.4. The van der Waals surface area contributed by atoms with E-state index in [0.717, 1.165) is 11.6 Å². The Morgan fingerprint density at radius 3 is 2.82 bits per heavy atom. The van der Waals surface area contributed by atoms with Crippen LogP contribution in [0, 0.1) is 0 Å². The summed E-state index contributed by atoms with van der Waals surface area (Å²) in [5.41, 5.74) is 1.51. The number of hydrogen-bond acceptors (Lipinski definition) is 7. The van der Waals surface area contributed by atoms with E-state index in [1.165, 1.54) is 17.0 Å². The number of aliphatic carboxylic acids is 1. The third-order valence-electron chi connectivity index (χ3n) is 4.02. The summed E-state index contributed by atoms with van der Waals surface area (Å²) in [6, 6.07) is 4.27. The Morgan fingerprint density at radius 2 is 2.11 bits per heavy atom. The molecule has 0 radical (unpaired) electrons. The van der Waals surface area contributed by atoms with Gasteiger partial charge >= 0.3 is 12.6 Å². The van der Waals surface area contributed by atoms with Crippen molar-refractivity contribution in [3.05, 3.63) is 66.2 Å². The van der Waals surface area contributed by atoms with Gasteiger partial charge in [0, 0.05) is 24.2 Å². The Balaban J connectivity index is 1.80. The molecule has 0 spiro atoms. The molecule has 0 saturated heterocycles. The quantitative estimate of drug-likeness (QED) is 0.684. The Labute approximate surface area is 156 Å². The second-order valence-electron chi connectivity index (χ2n) is 5.70. The average Bonchev–Trinajstić information content (AvgIpc) is 3.16. The maximum atomic E-state index is 12.4. The lowest BCUT2D eigenvalue weighted by Gasteiger charge is -2.23.